The van der Waals surface area contributed by atoms with Gasteiger partial charge in [0.2, 0.25) is 0 Å². The first-order valence-corrected chi connectivity index (χ1v) is 6.75. The molecule has 0 bridgehead atoms. The second-order valence-corrected chi connectivity index (χ2v) is 4.49. The number of ether oxygens (including phenoxy) is 1. The highest BCUT2D eigenvalue weighted by Crippen LogP contribution is 2.13. The number of aryl methyl sites for hydroxylation is 1. The van der Waals surface area contributed by atoms with Crippen molar-refractivity contribution in [3.63, 3.8) is 0 Å². The van der Waals surface area contributed by atoms with Crippen molar-refractivity contribution >= 4 is 0 Å². The van der Waals surface area contributed by atoms with E-state index in [4.69, 9.17) is 10.5 Å². The number of rotatable bonds is 7. The zero-order valence-corrected chi connectivity index (χ0v) is 11.4. The van der Waals surface area contributed by atoms with Crippen LogP contribution in [-0.2, 0) is 19.5 Å². The van der Waals surface area contributed by atoms with Crippen molar-refractivity contribution < 1.29 is 4.74 Å². The van der Waals surface area contributed by atoms with Gasteiger partial charge in [-0.2, -0.15) is 0 Å². The average molecular weight is 259 g/mol. The van der Waals surface area contributed by atoms with Gasteiger partial charge in [0, 0.05) is 25.4 Å². The van der Waals surface area contributed by atoms with Crippen molar-refractivity contribution in [1.29, 1.82) is 0 Å². The minimum Gasteiger partial charge on any atom is -0.492 e. The van der Waals surface area contributed by atoms with Crippen LogP contribution < -0.4 is 10.5 Å². The highest BCUT2D eigenvalue weighted by Gasteiger charge is 2.02. The summed E-state index contributed by atoms with van der Waals surface area (Å²) in [5.41, 5.74) is 6.70. The van der Waals surface area contributed by atoms with E-state index >= 15 is 0 Å². The van der Waals surface area contributed by atoms with Crippen LogP contribution in [0.5, 0.6) is 5.75 Å². The van der Waals surface area contributed by atoms with E-state index in [-0.39, 0.29) is 0 Å². The Balaban J connectivity index is 1.87. The van der Waals surface area contributed by atoms with Gasteiger partial charge >= 0.3 is 0 Å². The molecule has 0 saturated carbocycles. The molecule has 0 spiro atoms. The monoisotopic (exact) mass is 259 g/mol. The molecule has 4 heteroatoms. The largest absolute Gasteiger partial charge is 0.492 e. The van der Waals surface area contributed by atoms with E-state index in [1.165, 1.54) is 0 Å². The lowest BCUT2D eigenvalue weighted by atomic mass is 10.2. The van der Waals surface area contributed by atoms with Crippen molar-refractivity contribution in [2.45, 2.75) is 32.9 Å². The second kappa shape index (κ2) is 6.95. The molecular weight excluding hydrogens is 238 g/mol. The Kier molecular flexibility index (Phi) is 4.98. The molecule has 0 radical (unpaired) electrons. The summed E-state index contributed by atoms with van der Waals surface area (Å²) in [6.07, 6.45) is 5.97. The fourth-order valence-electron chi connectivity index (χ4n) is 2.02. The van der Waals surface area contributed by atoms with Crippen LogP contribution in [0, 0.1) is 0 Å². The van der Waals surface area contributed by atoms with Gasteiger partial charge in [0.25, 0.3) is 0 Å². The molecule has 102 valence electrons. The third kappa shape index (κ3) is 3.83. The van der Waals surface area contributed by atoms with Crippen LogP contribution in [0.2, 0.25) is 0 Å². The highest BCUT2D eigenvalue weighted by molar-refractivity contribution is 5.28. The Morgan fingerprint density at radius 2 is 2.26 bits per heavy atom. The van der Waals surface area contributed by atoms with Gasteiger partial charge in [0.15, 0.2) is 0 Å². The molecule has 1 aromatic carbocycles. The number of nitrogens with two attached hydrogens (primary N) is 1. The first kappa shape index (κ1) is 13.6. The predicted molar refractivity (Wildman–Crippen MR) is 76.1 cm³/mol. The molecular formula is C15H21N3O. The minimum atomic E-state index is 0.541. The van der Waals surface area contributed by atoms with Gasteiger partial charge in [-0.05, 0) is 24.1 Å². The third-order valence-electron chi connectivity index (χ3n) is 3.01. The maximum Gasteiger partial charge on any atom is 0.119 e. The molecule has 0 amide bonds. The molecule has 2 N–H and O–H groups in total. The van der Waals surface area contributed by atoms with Gasteiger partial charge in [0.05, 0.1) is 6.54 Å². The first-order valence-electron chi connectivity index (χ1n) is 6.75. The van der Waals surface area contributed by atoms with Crippen molar-refractivity contribution in [3.05, 3.63) is 48.0 Å². The smallest absolute Gasteiger partial charge is 0.119 e. The third-order valence-corrected chi connectivity index (χ3v) is 3.01. The van der Waals surface area contributed by atoms with E-state index in [0.29, 0.717) is 13.2 Å². The topological polar surface area (TPSA) is 53.1 Å². The van der Waals surface area contributed by atoms with Gasteiger partial charge in [-0.15, -0.1) is 0 Å². The van der Waals surface area contributed by atoms with Crippen molar-refractivity contribution in [2.24, 2.45) is 5.73 Å². The van der Waals surface area contributed by atoms with Crippen LogP contribution in [-0.4, -0.2) is 16.2 Å². The maximum absolute atomic E-state index is 5.75. The average Bonchev–Trinajstić information content (AvgIpc) is 2.87. The van der Waals surface area contributed by atoms with Gasteiger partial charge < -0.3 is 15.0 Å². The Labute approximate surface area is 114 Å². The van der Waals surface area contributed by atoms with Gasteiger partial charge in [-0.1, -0.05) is 19.1 Å². The summed E-state index contributed by atoms with van der Waals surface area (Å²) in [5.74, 6) is 2.00. The molecule has 1 aromatic heterocycles. The molecule has 0 aliphatic carbocycles. The van der Waals surface area contributed by atoms with Crippen LogP contribution >= 0.6 is 0 Å². The molecule has 2 rings (SSSR count). The number of aromatic nitrogens is 2. The molecule has 0 atom stereocenters. The first-order chi connectivity index (χ1) is 9.33. The summed E-state index contributed by atoms with van der Waals surface area (Å²) in [4.78, 5) is 4.35. The Hall–Kier alpha value is -1.81. The van der Waals surface area contributed by atoms with Gasteiger partial charge in [-0.3, -0.25) is 0 Å². The van der Waals surface area contributed by atoms with Crippen LogP contribution in [0.15, 0.2) is 36.7 Å². The fraction of sp³-hybridized carbons (Fsp3) is 0.400. The molecule has 1 heterocycles. The van der Waals surface area contributed by atoms with E-state index in [1.807, 2.05) is 36.7 Å². The van der Waals surface area contributed by atoms with Crippen molar-refractivity contribution in [1.82, 2.24) is 9.55 Å². The number of hydrogen-bond acceptors (Lipinski definition) is 3. The summed E-state index contributed by atoms with van der Waals surface area (Å²) in [6.45, 7) is 4.16. The highest BCUT2D eigenvalue weighted by atomic mass is 16.5. The van der Waals surface area contributed by atoms with Crippen molar-refractivity contribution in [2.75, 3.05) is 6.61 Å². The standard InChI is InChI=1S/C15H21N3O/c1-2-4-15-17-7-8-18(15)9-10-19-14-6-3-5-13(11-14)12-16/h3,5-8,11H,2,4,9-10,12,16H2,1H3. The van der Waals surface area contributed by atoms with Crippen LogP contribution in [0.4, 0.5) is 0 Å². The fourth-order valence-corrected chi connectivity index (χ4v) is 2.02. The molecule has 0 aliphatic heterocycles. The second-order valence-electron chi connectivity index (χ2n) is 4.49. The summed E-state index contributed by atoms with van der Waals surface area (Å²) in [5, 5.41) is 0. The minimum absolute atomic E-state index is 0.541. The predicted octanol–water partition coefficient (Wildman–Crippen LogP) is 2.37. The number of benzene rings is 1. The molecule has 19 heavy (non-hydrogen) atoms. The van der Waals surface area contributed by atoms with Crippen LogP contribution in [0.25, 0.3) is 0 Å². The number of hydrogen-bond donors (Lipinski definition) is 1. The quantitative estimate of drug-likeness (QED) is 0.830. The summed E-state index contributed by atoms with van der Waals surface area (Å²) in [6, 6.07) is 7.92. The molecule has 0 saturated heterocycles. The molecule has 0 unspecified atom stereocenters. The van der Waals surface area contributed by atoms with Gasteiger partial charge in [0.1, 0.15) is 18.2 Å². The zero-order valence-electron chi connectivity index (χ0n) is 11.4. The van der Waals surface area contributed by atoms with Crippen LogP contribution in [0.3, 0.4) is 0 Å². The van der Waals surface area contributed by atoms with E-state index in [2.05, 4.69) is 16.5 Å². The summed E-state index contributed by atoms with van der Waals surface area (Å²) >= 11 is 0. The van der Waals surface area contributed by atoms with E-state index < -0.39 is 0 Å². The Morgan fingerprint density at radius 1 is 1.37 bits per heavy atom. The van der Waals surface area contributed by atoms with Gasteiger partial charge in [-0.25, -0.2) is 4.98 Å². The molecule has 0 fully saturated rings. The van der Waals surface area contributed by atoms with E-state index in [0.717, 1.165) is 36.5 Å². The van der Waals surface area contributed by atoms with Crippen LogP contribution in [0.1, 0.15) is 24.7 Å². The zero-order chi connectivity index (χ0) is 13.5. The molecule has 0 aliphatic rings. The summed E-state index contributed by atoms with van der Waals surface area (Å²) < 4.78 is 7.90. The lowest BCUT2D eigenvalue weighted by Crippen LogP contribution is -2.10. The Morgan fingerprint density at radius 3 is 3.05 bits per heavy atom. The van der Waals surface area contributed by atoms with E-state index in [1.54, 1.807) is 0 Å². The summed E-state index contributed by atoms with van der Waals surface area (Å²) in [7, 11) is 0. The lowest BCUT2D eigenvalue weighted by Gasteiger charge is -2.10. The Bertz CT molecular complexity index is 508. The lowest BCUT2D eigenvalue weighted by molar-refractivity contribution is 0.296. The molecule has 2 aromatic rings. The normalized spacial score (nSPS) is 10.6. The SMILES string of the molecule is CCCc1nccn1CCOc1cccc(CN)c1. The maximum atomic E-state index is 5.75. The number of nitrogens with zero attached hydrogens (tertiary/aromatic N) is 2. The van der Waals surface area contributed by atoms with E-state index in [9.17, 15) is 0 Å². The van der Waals surface area contributed by atoms with Crippen molar-refractivity contribution in [3.8, 4) is 5.75 Å². The number of imidazole rings is 1. The molecule has 4 nitrogen and oxygen atoms in total.